The lowest BCUT2D eigenvalue weighted by Gasteiger charge is -2.20. The first kappa shape index (κ1) is 16.9. The van der Waals surface area contributed by atoms with E-state index in [1.807, 2.05) is 84.9 Å². The molecule has 0 bridgehead atoms. The largest absolute Gasteiger partial charge is 0.350 e. The molecule has 0 saturated carbocycles. The summed E-state index contributed by atoms with van der Waals surface area (Å²) in [6.07, 6.45) is 1.87. The van der Waals surface area contributed by atoms with Crippen LogP contribution >= 0.6 is 7.60 Å². The van der Waals surface area contributed by atoms with Crippen molar-refractivity contribution in [2.75, 3.05) is 20.5 Å². The van der Waals surface area contributed by atoms with E-state index in [-0.39, 0.29) is 32.5 Å². The molecule has 0 fully saturated rings. The highest BCUT2D eigenvalue weighted by molar-refractivity contribution is 7.52. The summed E-state index contributed by atoms with van der Waals surface area (Å²) in [6, 6.07) is 26.2. The summed E-state index contributed by atoms with van der Waals surface area (Å²) in [5.74, 6) is 0. The van der Waals surface area contributed by atoms with Crippen LogP contribution in [-0.2, 0) is 39.5 Å². The molecule has 0 saturated heterocycles. The summed E-state index contributed by atoms with van der Waals surface area (Å²) < 4.78 is 73.7. The van der Waals surface area contributed by atoms with Crippen LogP contribution in [0.3, 0.4) is 0 Å². The molecule has 1 aromatic heterocycles. The molecule has 33 heavy (non-hydrogen) atoms. The van der Waals surface area contributed by atoms with Crippen molar-refractivity contribution >= 4 is 18.5 Å². The number of rotatable bonds is 11. The van der Waals surface area contributed by atoms with E-state index in [1.54, 1.807) is 10.8 Å². The van der Waals surface area contributed by atoms with E-state index in [0.29, 0.717) is 4.90 Å². The molecule has 0 aliphatic heterocycles. The Morgan fingerprint density at radius 1 is 0.848 bits per heavy atom. The second-order valence-electron chi connectivity index (χ2n) is 7.81. The zero-order chi connectivity index (χ0) is 28.1. The topological polar surface area (TPSA) is 43.7 Å². The molecule has 0 N–H and O–H groups in total. The first-order valence-electron chi connectivity index (χ1n) is 13.8. The number of nitrogens with zero attached hydrogens (tertiary/aromatic N) is 2. The van der Waals surface area contributed by atoms with Crippen LogP contribution in [0.15, 0.2) is 91.1 Å². The van der Waals surface area contributed by atoms with Gasteiger partial charge in [-0.25, -0.2) is 0 Å². The monoisotopic (exact) mass is 468 g/mol. The van der Waals surface area contributed by atoms with Gasteiger partial charge in [-0.2, -0.15) is 0 Å². The molecular weight excluding hydrogens is 431 g/mol. The molecule has 0 aliphatic carbocycles. The maximum Gasteiger partial charge on any atom is 0.350 e. The molecule has 0 amide bonds. The summed E-state index contributed by atoms with van der Waals surface area (Å²) >= 11 is 0. The second kappa shape index (κ2) is 11.0. The maximum atomic E-state index is 14.1. The van der Waals surface area contributed by atoms with Gasteiger partial charge in [0.25, 0.3) is 0 Å². The Morgan fingerprint density at radius 3 is 2.03 bits per heavy atom. The SMILES string of the molecule is [2H]C([2H])([2H])N(CCc1cn(CP(=O)(OCc2ccccc2)OCc2ccccc2)c2ccccc12)C([2H])([2H])[2H]. The lowest BCUT2D eigenvalue weighted by molar-refractivity contribution is 0.186. The molecule has 5 nitrogen and oxygen atoms in total. The third-order valence-corrected chi connectivity index (χ3v) is 7.04. The summed E-state index contributed by atoms with van der Waals surface area (Å²) in [7, 11) is -3.68. The van der Waals surface area contributed by atoms with Crippen molar-refractivity contribution in [1.82, 2.24) is 9.47 Å². The van der Waals surface area contributed by atoms with Crippen LogP contribution in [0.1, 0.15) is 24.9 Å². The van der Waals surface area contributed by atoms with E-state index < -0.39 is 21.5 Å². The number of fused-ring (bicyclic) bond motifs is 1. The van der Waals surface area contributed by atoms with Crippen LogP contribution in [0.2, 0.25) is 0 Å². The molecule has 0 radical (unpaired) electrons. The van der Waals surface area contributed by atoms with Crippen molar-refractivity contribution < 1.29 is 21.8 Å². The number of hydrogen-bond acceptors (Lipinski definition) is 4. The van der Waals surface area contributed by atoms with Crippen molar-refractivity contribution in [2.45, 2.75) is 25.9 Å². The van der Waals surface area contributed by atoms with Gasteiger partial charge in [0.2, 0.25) is 0 Å². The van der Waals surface area contributed by atoms with Gasteiger partial charge in [-0.15, -0.1) is 0 Å². The minimum atomic E-state index is -3.68. The lowest BCUT2D eigenvalue weighted by Crippen LogP contribution is -2.14. The third-order valence-electron chi connectivity index (χ3n) is 5.34. The minimum Gasteiger partial charge on any atom is -0.335 e. The summed E-state index contributed by atoms with van der Waals surface area (Å²) in [4.78, 5) is 0.545. The van der Waals surface area contributed by atoms with E-state index >= 15 is 0 Å². The smallest absolute Gasteiger partial charge is 0.335 e. The molecule has 172 valence electrons. The molecule has 0 aliphatic rings. The highest BCUT2D eigenvalue weighted by Gasteiger charge is 2.27. The zero-order valence-electron chi connectivity index (χ0n) is 24.3. The average molecular weight is 469 g/mol. The molecule has 6 heteroatoms. The molecule has 1 heterocycles. The van der Waals surface area contributed by atoms with Gasteiger partial charge in [0.1, 0.15) is 6.29 Å². The van der Waals surface area contributed by atoms with Crippen molar-refractivity contribution in [3.8, 4) is 0 Å². The summed E-state index contributed by atoms with van der Waals surface area (Å²) in [5, 5.41) is 0.811. The number of para-hydroxylation sites is 1. The molecule has 0 spiro atoms. The number of hydrogen-bond donors (Lipinski definition) is 0. The van der Waals surface area contributed by atoms with Gasteiger partial charge in [-0.05, 0) is 43.1 Å². The van der Waals surface area contributed by atoms with Crippen LogP contribution in [0.5, 0.6) is 0 Å². The Hall–Kier alpha value is -2.69. The predicted molar refractivity (Wildman–Crippen MR) is 134 cm³/mol. The molecule has 4 aromatic rings. The van der Waals surface area contributed by atoms with Crippen molar-refractivity contribution in [1.29, 1.82) is 0 Å². The number of likely N-dealkylation sites (N-methyl/N-ethyl adjacent to an activating group) is 1. The van der Waals surface area contributed by atoms with Gasteiger partial charge in [0.05, 0.1) is 13.2 Å². The Bertz CT molecular complexity index is 1350. The fraction of sp³-hybridized carbons (Fsp3) is 0.259. The third kappa shape index (κ3) is 6.43. The lowest BCUT2D eigenvalue weighted by atomic mass is 10.1. The average Bonchev–Trinajstić information content (AvgIpc) is 3.23. The molecule has 4 rings (SSSR count). The van der Waals surface area contributed by atoms with Gasteiger partial charge < -0.3 is 18.5 Å². The standard InChI is InChI=1S/C27H31N2O3P/c1-28(2)18-17-25-19-29(27-16-10-9-15-26(25)27)22-33(30,31-20-23-11-5-3-6-12-23)32-21-24-13-7-4-8-14-24/h3-16,19H,17-18,20-22H2,1-2H3/i1D3,2D3. The van der Waals surface area contributed by atoms with E-state index in [0.717, 1.165) is 27.6 Å². The highest BCUT2D eigenvalue weighted by Crippen LogP contribution is 2.52. The fourth-order valence-electron chi connectivity index (χ4n) is 3.67. The van der Waals surface area contributed by atoms with Crippen LogP contribution in [-0.4, -0.2) is 30.0 Å². The quantitative estimate of drug-likeness (QED) is 0.241. The Kier molecular flexibility index (Phi) is 5.59. The van der Waals surface area contributed by atoms with Crippen LogP contribution in [0, 0.1) is 0 Å². The van der Waals surface area contributed by atoms with Crippen LogP contribution in [0.4, 0.5) is 0 Å². The first-order chi connectivity index (χ1) is 18.4. The van der Waals surface area contributed by atoms with E-state index in [9.17, 15) is 4.57 Å². The molecule has 0 unspecified atom stereocenters. The second-order valence-corrected chi connectivity index (χ2v) is 9.83. The van der Waals surface area contributed by atoms with Gasteiger partial charge in [0, 0.05) is 31.9 Å². The Morgan fingerprint density at radius 2 is 1.42 bits per heavy atom. The Labute approximate surface area is 204 Å². The van der Waals surface area contributed by atoms with Crippen LogP contribution in [0.25, 0.3) is 10.9 Å². The van der Waals surface area contributed by atoms with E-state index in [1.165, 1.54) is 0 Å². The maximum absolute atomic E-state index is 14.1. The molecule has 3 aromatic carbocycles. The predicted octanol–water partition coefficient (Wildman–Crippen LogP) is 6.33. The normalized spacial score (nSPS) is 15.4. The summed E-state index contributed by atoms with van der Waals surface area (Å²) in [6.45, 7) is -5.53. The minimum absolute atomic E-state index is 0.0740. The van der Waals surface area contributed by atoms with Crippen molar-refractivity contribution in [3.63, 3.8) is 0 Å². The van der Waals surface area contributed by atoms with E-state index in [4.69, 9.17) is 17.3 Å². The zero-order valence-corrected chi connectivity index (χ0v) is 19.2. The number of aromatic nitrogens is 1. The number of benzene rings is 3. The Balaban J connectivity index is 1.60. The summed E-state index contributed by atoms with van der Waals surface area (Å²) in [5.41, 5.74) is 3.21. The molecular formula is C27H31N2O3P. The van der Waals surface area contributed by atoms with Gasteiger partial charge in [-0.1, -0.05) is 78.9 Å². The van der Waals surface area contributed by atoms with Crippen molar-refractivity contribution in [2.24, 2.45) is 0 Å². The van der Waals surface area contributed by atoms with Gasteiger partial charge in [0.15, 0.2) is 0 Å². The molecule has 0 atom stereocenters. The van der Waals surface area contributed by atoms with Crippen LogP contribution < -0.4 is 0 Å². The first-order valence-corrected chi connectivity index (χ1v) is 12.5. The highest BCUT2D eigenvalue weighted by atomic mass is 31.2. The van der Waals surface area contributed by atoms with Crippen molar-refractivity contribution in [3.05, 3.63) is 108 Å². The fourth-order valence-corrected chi connectivity index (χ4v) is 5.21. The van der Waals surface area contributed by atoms with Gasteiger partial charge >= 0.3 is 7.60 Å². The van der Waals surface area contributed by atoms with Gasteiger partial charge in [-0.3, -0.25) is 4.57 Å². The van der Waals surface area contributed by atoms with E-state index in [2.05, 4.69) is 0 Å².